The molecule has 1 atom stereocenters. The molecular formula is C20H31F2IN4O. The standard InChI is InChI=1S/C20H30F2N4O.HI/c1-3-23-20(24-12-16-10-11-26(14-16)17-6-7-17)25(2)13-15-4-8-18(9-5-15)27-19(21)22;/h4-5,8-9,16-17,19H,3,6-7,10-14H2,1-2H3,(H,23,24);1H. The van der Waals surface area contributed by atoms with E-state index in [1.165, 1.54) is 32.4 Å². The first-order valence-corrected chi connectivity index (χ1v) is 9.82. The fourth-order valence-electron chi connectivity index (χ4n) is 3.59. The molecule has 1 aliphatic heterocycles. The minimum Gasteiger partial charge on any atom is -0.435 e. The van der Waals surface area contributed by atoms with Gasteiger partial charge in [-0.15, -0.1) is 24.0 Å². The number of rotatable bonds is 8. The van der Waals surface area contributed by atoms with Crippen LogP contribution in [0.2, 0.25) is 0 Å². The van der Waals surface area contributed by atoms with Crippen molar-refractivity contribution in [3.8, 4) is 5.75 Å². The molecule has 2 fully saturated rings. The Balaban J connectivity index is 0.00000280. The molecule has 1 saturated heterocycles. The predicted octanol–water partition coefficient (Wildman–Crippen LogP) is 3.79. The number of nitrogens with one attached hydrogen (secondary N) is 1. The predicted molar refractivity (Wildman–Crippen MR) is 119 cm³/mol. The Hall–Kier alpha value is -1.16. The van der Waals surface area contributed by atoms with Gasteiger partial charge in [0.25, 0.3) is 0 Å². The van der Waals surface area contributed by atoms with E-state index < -0.39 is 6.61 Å². The van der Waals surface area contributed by atoms with Crippen LogP contribution in [0.3, 0.4) is 0 Å². The second-order valence-electron chi connectivity index (χ2n) is 7.45. The summed E-state index contributed by atoms with van der Waals surface area (Å²) >= 11 is 0. The van der Waals surface area contributed by atoms with Gasteiger partial charge < -0.3 is 19.9 Å². The largest absolute Gasteiger partial charge is 0.435 e. The van der Waals surface area contributed by atoms with E-state index in [1.807, 2.05) is 19.2 Å². The third kappa shape index (κ3) is 7.02. The summed E-state index contributed by atoms with van der Waals surface area (Å²) in [5.74, 6) is 1.70. The van der Waals surface area contributed by atoms with Crippen molar-refractivity contribution in [2.24, 2.45) is 10.9 Å². The van der Waals surface area contributed by atoms with Gasteiger partial charge in [-0.3, -0.25) is 4.99 Å². The number of guanidine groups is 1. The van der Waals surface area contributed by atoms with Crippen molar-refractivity contribution in [3.05, 3.63) is 29.8 Å². The smallest absolute Gasteiger partial charge is 0.387 e. The molecule has 1 aromatic carbocycles. The molecule has 0 amide bonds. The van der Waals surface area contributed by atoms with Gasteiger partial charge >= 0.3 is 6.61 Å². The fraction of sp³-hybridized carbons (Fsp3) is 0.650. The van der Waals surface area contributed by atoms with Gasteiger partial charge in [-0.25, -0.2) is 0 Å². The molecule has 1 N–H and O–H groups in total. The Kier molecular flexibility index (Phi) is 9.20. The lowest BCUT2D eigenvalue weighted by atomic mass is 10.1. The summed E-state index contributed by atoms with van der Waals surface area (Å²) in [5.41, 5.74) is 1.02. The van der Waals surface area contributed by atoms with E-state index >= 15 is 0 Å². The minimum atomic E-state index is -2.79. The molecule has 0 aromatic heterocycles. The molecule has 1 aromatic rings. The van der Waals surface area contributed by atoms with Crippen molar-refractivity contribution >= 4 is 29.9 Å². The van der Waals surface area contributed by atoms with Crippen LogP contribution in [0.25, 0.3) is 0 Å². The van der Waals surface area contributed by atoms with Crippen LogP contribution in [0.5, 0.6) is 5.75 Å². The fourth-order valence-corrected chi connectivity index (χ4v) is 3.59. The van der Waals surface area contributed by atoms with E-state index in [1.54, 1.807) is 12.1 Å². The first-order chi connectivity index (χ1) is 13.0. The average molecular weight is 508 g/mol. The van der Waals surface area contributed by atoms with Gasteiger partial charge in [-0.05, 0) is 56.3 Å². The Morgan fingerprint density at radius 2 is 2.00 bits per heavy atom. The highest BCUT2D eigenvalue weighted by Gasteiger charge is 2.34. The van der Waals surface area contributed by atoms with Crippen molar-refractivity contribution in [1.29, 1.82) is 0 Å². The quantitative estimate of drug-likeness (QED) is 0.330. The maximum atomic E-state index is 12.2. The van der Waals surface area contributed by atoms with Crippen LogP contribution in [-0.4, -0.2) is 61.6 Å². The zero-order valence-electron chi connectivity index (χ0n) is 16.6. The molecule has 28 heavy (non-hydrogen) atoms. The second-order valence-corrected chi connectivity index (χ2v) is 7.45. The normalized spacial score (nSPS) is 20.2. The van der Waals surface area contributed by atoms with E-state index in [9.17, 15) is 8.78 Å². The SMILES string of the molecule is CCNC(=NCC1CCN(C2CC2)C1)N(C)Cc1ccc(OC(F)F)cc1.I. The molecule has 0 radical (unpaired) electrons. The van der Waals surface area contributed by atoms with Gasteiger partial charge in [0, 0.05) is 39.3 Å². The van der Waals surface area contributed by atoms with Crippen molar-refractivity contribution < 1.29 is 13.5 Å². The topological polar surface area (TPSA) is 40.1 Å². The molecular weight excluding hydrogens is 477 g/mol. The molecule has 1 unspecified atom stereocenters. The van der Waals surface area contributed by atoms with E-state index in [0.29, 0.717) is 12.5 Å². The summed E-state index contributed by atoms with van der Waals surface area (Å²) in [7, 11) is 2.00. The van der Waals surface area contributed by atoms with E-state index in [2.05, 4.69) is 26.8 Å². The van der Waals surface area contributed by atoms with Gasteiger partial charge in [0.15, 0.2) is 5.96 Å². The summed E-state index contributed by atoms with van der Waals surface area (Å²) in [4.78, 5) is 9.52. The van der Waals surface area contributed by atoms with E-state index in [4.69, 9.17) is 4.99 Å². The highest BCUT2D eigenvalue weighted by molar-refractivity contribution is 14.0. The number of alkyl halides is 2. The van der Waals surface area contributed by atoms with Crippen molar-refractivity contribution in [2.75, 3.05) is 33.2 Å². The molecule has 2 aliphatic rings. The first-order valence-electron chi connectivity index (χ1n) is 9.82. The highest BCUT2D eigenvalue weighted by Crippen LogP contribution is 2.31. The van der Waals surface area contributed by atoms with Gasteiger partial charge in [0.1, 0.15) is 5.75 Å². The zero-order valence-corrected chi connectivity index (χ0v) is 18.9. The van der Waals surface area contributed by atoms with Gasteiger partial charge in [-0.2, -0.15) is 8.78 Å². The van der Waals surface area contributed by atoms with Crippen LogP contribution in [-0.2, 0) is 6.54 Å². The third-order valence-corrected chi connectivity index (χ3v) is 5.14. The minimum absolute atomic E-state index is 0. The lowest BCUT2D eigenvalue weighted by Gasteiger charge is -2.23. The van der Waals surface area contributed by atoms with Crippen molar-refractivity contribution in [1.82, 2.24) is 15.1 Å². The molecule has 0 spiro atoms. The van der Waals surface area contributed by atoms with Crippen LogP contribution >= 0.6 is 24.0 Å². The summed E-state index contributed by atoms with van der Waals surface area (Å²) in [6.45, 7) is 3.95. The summed E-state index contributed by atoms with van der Waals surface area (Å²) in [5, 5.41) is 3.35. The van der Waals surface area contributed by atoms with Crippen molar-refractivity contribution in [3.63, 3.8) is 0 Å². The second kappa shape index (κ2) is 11.1. The number of aliphatic imine (C=N–C) groups is 1. The Morgan fingerprint density at radius 1 is 1.29 bits per heavy atom. The van der Waals surface area contributed by atoms with Gasteiger partial charge in [0.2, 0.25) is 0 Å². The molecule has 1 heterocycles. The number of ether oxygens (including phenoxy) is 1. The average Bonchev–Trinajstić information content (AvgIpc) is 3.38. The van der Waals surface area contributed by atoms with E-state index in [-0.39, 0.29) is 29.7 Å². The van der Waals surface area contributed by atoms with Gasteiger partial charge in [-0.1, -0.05) is 12.1 Å². The van der Waals surface area contributed by atoms with Crippen LogP contribution in [0.4, 0.5) is 8.78 Å². The summed E-state index contributed by atoms with van der Waals surface area (Å²) < 4.78 is 28.9. The number of likely N-dealkylation sites (tertiary alicyclic amines) is 1. The lowest BCUT2D eigenvalue weighted by molar-refractivity contribution is -0.0498. The van der Waals surface area contributed by atoms with Crippen LogP contribution in [0.1, 0.15) is 31.7 Å². The summed E-state index contributed by atoms with van der Waals surface area (Å²) in [6, 6.07) is 7.60. The lowest BCUT2D eigenvalue weighted by Crippen LogP contribution is -2.39. The monoisotopic (exact) mass is 508 g/mol. The van der Waals surface area contributed by atoms with Crippen LogP contribution in [0.15, 0.2) is 29.3 Å². The zero-order chi connectivity index (χ0) is 19.2. The maximum absolute atomic E-state index is 12.2. The number of nitrogens with zero attached hydrogens (tertiary/aromatic N) is 3. The number of halogens is 3. The van der Waals surface area contributed by atoms with Crippen LogP contribution in [0, 0.1) is 5.92 Å². The Morgan fingerprint density at radius 3 is 2.61 bits per heavy atom. The molecule has 8 heteroatoms. The number of benzene rings is 1. The first kappa shape index (κ1) is 23.1. The molecule has 0 bridgehead atoms. The summed E-state index contributed by atoms with van der Waals surface area (Å²) in [6.07, 6.45) is 3.96. The Bertz CT molecular complexity index is 625. The molecule has 1 aliphatic carbocycles. The highest BCUT2D eigenvalue weighted by atomic mass is 127. The number of hydrogen-bond acceptors (Lipinski definition) is 3. The molecule has 5 nitrogen and oxygen atoms in total. The molecule has 1 saturated carbocycles. The Labute approximate surface area is 183 Å². The molecule has 158 valence electrons. The van der Waals surface area contributed by atoms with Crippen LogP contribution < -0.4 is 10.1 Å². The molecule has 3 rings (SSSR count). The maximum Gasteiger partial charge on any atom is 0.387 e. The number of hydrogen-bond donors (Lipinski definition) is 1. The van der Waals surface area contributed by atoms with Gasteiger partial charge in [0.05, 0.1) is 0 Å². The third-order valence-electron chi connectivity index (χ3n) is 5.14. The van der Waals surface area contributed by atoms with Crippen molar-refractivity contribution in [2.45, 2.75) is 45.4 Å². The van der Waals surface area contributed by atoms with E-state index in [0.717, 1.165) is 30.7 Å².